The van der Waals surface area contributed by atoms with Gasteiger partial charge in [-0.25, -0.2) is 9.97 Å². The molecule has 0 radical (unpaired) electrons. The third-order valence-corrected chi connectivity index (χ3v) is 7.85. The van der Waals surface area contributed by atoms with Crippen molar-refractivity contribution in [3.05, 3.63) is 46.9 Å². The van der Waals surface area contributed by atoms with Crippen LogP contribution in [0.3, 0.4) is 0 Å². The molecule has 0 aliphatic carbocycles. The van der Waals surface area contributed by atoms with Crippen molar-refractivity contribution < 1.29 is 9.53 Å². The standard InChI is InChI=1S/C30H42N6O2/c1-19-9-10-21(29(2,3)4)13-20(19)14-24-26-27(31-18-34(26)8)33-28(32-24)35-15-22-11-12-23(16-35)36(22)17-25(37)38-30(5,6)7/h9-10,13,18,22-23H,11-12,14-17H2,1-8H3/t22-,23+. The van der Waals surface area contributed by atoms with Gasteiger partial charge >= 0.3 is 5.97 Å². The average Bonchev–Trinajstić information content (AvgIpc) is 3.27. The second-order valence-electron chi connectivity index (χ2n) is 13.1. The number of aryl methyl sites for hydroxylation is 2. The Morgan fingerprint density at radius 1 is 1.05 bits per heavy atom. The summed E-state index contributed by atoms with van der Waals surface area (Å²) in [5.74, 6) is 0.591. The van der Waals surface area contributed by atoms with E-state index in [1.54, 1.807) is 0 Å². The van der Waals surface area contributed by atoms with Crippen LogP contribution in [-0.2, 0) is 28.4 Å². The molecule has 0 amide bonds. The van der Waals surface area contributed by atoms with Crippen LogP contribution in [0.1, 0.15) is 76.8 Å². The molecule has 2 aliphatic heterocycles. The SMILES string of the molecule is Cc1ccc(C(C)(C)C)cc1Cc1nc(N2C[C@H]3CC[C@@H](C2)N3CC(=O)OC(C)(C)C)nc2ncn(C)c12. The van der Waals surface area contributed by atoms with Gasteiger partial charge in [0.15, 0.2) is 5.65 Å². The van der Waals surface area contributed by atoms with Gasteiger partial charge in [0.05, 0.1) is 18.6 Å². The molecule has 38 heavy (non-hydrogen) atoms. The first-order chi connectivity index (χ1) is 17.8. The molecule has 2 bridgehead atoms. The number of esters is 1. The Labute approximate surface area is 226 Å². The summed E-state index contributed by atoms with van der Waals surface area (Å²) < 4.78 is 7.64. The van der Waals surface area contributed by atoms with Gasteiger partial charge in [-0.3, -0.25) is 9.69 Å². The summed E-state index contributed by atoms with van der Waals surface area (Å²) in [6.45, 7) is 16.6. The first-order valence-electron chi connectivity index (χ1n) is 13.8. The second-order valence-corrected chi connectivity index (χ2v) is 13.1. The normalized spacial score (nSPS) is 20.4. The van der Waals surface area contributed by atoms with E-state index < -0.39 is 5.60 Å². The van der Waals surface area contributed by atoms with Gasteiger partial charge in [-0.2, -0.15) is 4.98 Å². The largest absolute Gasteiger partial charge is 0.459 e. The van der Waals surface area contributed by atoms with Crippen LogP contribution in [0.2, 0.25) is 0 Å². The fraction of sp³-hybridized carbons (Fsp3) is 0.600. The van der Waals surface area contributed by atoms with Crippen LogP contribution < -0.4 is 4.90 Å². The van der Waals surface area contributed by atoms with Gasteiger partial charge in [-0.05, 0) is 62.6 Å². The van der Waals surface area contributed by atoms with Crippen molar-refractivity contribution >= 4 is 23.1 Å². The van der Waals surface area contributed by atoms with Gasteiger partial charge in [-0.1, -0.05) is 39.0 Å². The van der Waals surface area contributed by atoms with Gasteiger partial charge in [0.1, 0.15) is 11.1 Å². The van der Waals surface area contributed by atoms with E-state index in [1.807, 2.05) is 38.7 Å². The average molecular weight is 519 g/mol. The van der Waals surface area contributed by atoms with E-state index in [-0.39, 0.29) is 11.4 Å². The molecule has 0 spiro atoms. The summed E-state index contributed by atoms with van der Waals surface area (Å²) in [6.07, 6.45) is 4.70. The summed E-state index contributed by atoms with van der Waals surface area (Å²) in [5.41, 5.74) is 6.22. The number of nitrogens with zero attached hydrogens (tertiary/aromatic N) is 6. The van der Waals surface area contributed by atoms with Gasteiger partial charge in [-0.15, -0.1) is 0 Å². The highest BCUT2D eigenvalue weighted by Crippen LogP contribution is 2.33. The van der Waals surface area contributed by atoms with E-state index in [2.05, 4.69) is 60.7 Å². The van der Waals surface area contributed by atoms with E-state index in [0.29, 0.717) is 18.6 Å². The number of rotatable bonds is 5. The topological polar surface area (TPSA) is 76.4 Å². The molecule has 204 valence electrons. The zero-order valence-corrected chi connectivity index (χ0v) is 24.2. The van der Waals surface area contributed by atoms with Crippen molar-refractivity contribution in [2.24, 2.45) is 7.05 Å². The van der Waals surface area contributed by atoms with Crippen LogP contribution in [0, 0.1) is 6.92 Å². The fourth-order valence-electron chi connectivity index (χ4n) is 5.83. The van der Waals surface area contributed by atoms with E-state index in [4.69, 9.17) is 14.7 Å². The summed E-state index contributed by atoms with van der Waals surface area (Å²) >= 11 is 0. The zero-order valence-electron chi connectivity index (χ0n) is 24.2. The molecule has 8 heteroatoms. The van der Waals surface area contributed by atoms with Crippen molar-refractivity contribution in [2.45, 2.75) is 90.8 Å². The van der Waals surface area contributed by atoms with Crippen LogP contribution >= 0.6 is 0 Å². The molecule has 1 aromatic carbocycles. The number of ether oxygens (including phenoxy) is 1. The van der Waals surface area contributed by atoms with Crippen molar-refractivity contribution in [2.75, 3.05) is 24.5 Å². The number of fused-ring (bicyclic) bond motifs is 3. The molecule has 2 aliphatic rings. The van der Waals surface area contributed by atoms with Crippen molar-refractivity contribution in [1.29, 1.82) is 0 Å². The molecular weight excluding hydrogens is 476 g/mol. The number of hydrogen-bond acceptors (Lipinski definition) is 7. The molecule has 0 N–H and O–H groups in total. The van der Waals surface area contributed by atoms with Crippen LogP contribution in [-0.4, -0.2) is 67.7 Å². The molecular formula is C30H42N6O2. The first-order valence-corrected chi connectivity index (χ1v) is 13.8. The lowest BCUT2D eigenvalue weighted by molar-refractivity contribution is -0.157. The minimum atomic E-state index is -0.467. The number of benzene rings is 1. The highest BCUT2D eigenvalue weighted by Gasteiger charge is 2.42. The molecule has 0 unspecified atom stereocenters. The van der Waals surface area contributed by atoms with Crippen LogP contribution in [0.4, 0.5) is 5.95 Å². The maximum absolute atomic E-state index is 12.6. The molecule has 4 heterocycles. The first kappa shape index (κ1) is 26.6. The van der Waals surface area contributed by atoms with Crippen molar-refractivity contribution in [1.82, 2.24) is 24.4 Å². The number of imidazole rings is 1. The molecule has 5 rings (SSSR count). The Morgan fingerprint density at radius 2 is 1.74 bits per heavy atom. The minimum absolute atomic E-state index is 0.0827. The Morgan fingerprint density at radius 3 is 2.37 bits per heavy atom. The van der Waals surface area contributed by atoms with Crippen molar-refractivity contribution in [3.8, 4) is 0 Å². The van der Waals surface area contributed by atoms with Crippen LogP contribution in [0.25, 0.3) is 11.2 Å². The number of carbonyl (C=O) groups is 1. The van der Waals surface area contributed by atoms with E-state index in [0.717, 1.165) is 55.2 Å². The molecule has 2 saturated heterocycles. The number of piperazine rings is 1. The summed E-state index contributed by atoms with van der Waals surface area (Å²) in [4.78, 5) is 31.9. The lowest BCUT2D eigenvalue weighted by Crippen LogP contribution is -2.56. The number of hydrogen-bond donors (Lipinski definition) is 0. The van der Waals surface area contributed by atoms with E-state index in [1.165, 1.54) is 16.7 Å². The fourth-order valence-corrected chi connectivity index (χ4v) is 5.83. The zero-order chi connectivity index (χ0) is 27.4. The van der Waals surface area contributed by atoms with Crippen molar-refractivity contribution in [3.63, 3.8) is 0 Å². The van der Waals surface area contributed by atoms with E-state index >= 15 is 0 Å². The quantitative estimate of drug-likeness (QED) is 0.459. The molecule has 2 atom stereocenters. The molecule has 0 saturated carbocycles. The number of anilines is 1. The van der Waals surface area contributed by atoms with Crippen LogP contribution in [0.5, 0.6) is 0 Å². The minimum Gasteiger partial charge on any atom is -0.459 e. The predicted molar refractivity (Wildman–Crippen MR) is 151 cm³/mol. The highest BCUT2D eigenvalue weighted by atomic mass is 16.6. The third kappa shape index (κ3) is 5.41. The molecule has 2 fully saturated rings. The van der Waals surface area contributed by atoms with Gasteiger partial charge in [0, 0.05) is 38.6 Å². The van der Waals surface area contributed by atoms with E-state index in [9.17, 15) is 4.79 Å². The molecule has 2 aromatic heterocycles. The Bertz CT molecular complexity index is 1340. The Kier molecular flexibility index (Phi) is 6.74. The third-order valence-electron chi connectivity index (χ3n) is 7.85. The Balaban J connectivity index is 1.42. The summed E-state index contributed by atoms with van der Waals surface area (Å²) in [7, 11) is 2.01. The lowest BCUT2D eigenvalue weighted by atomic mass is 9.84. The summed E-state index contributed by atoms with van der Waals surface area (Å²) in [6, 6.07) is 7.36. The monoisotopic (exact) mass is 518 g/mol. The maximum atomic E-state index is 12.6. The highest BCUT2D eigenvalue weighted by molar-refractivity contribution is 5.76. The molecule has 8 nitrogen and oxygen atoms in total. The lowest BCUT2D eigenvalue weighted by Gasteiger charge is -2.40. The Hall–Kier alpha value is -3.00. The number of aromatic nitrogens is 4. The van der Waals surface area contributed by atoms with Gasteiger partial charge < -0.3 is 14.2 Å². The summed E-state index contributed by atoms with van der Waals surface area (Å²) in [5, 5.41) is 0. The predicted octanol–water partition coefficient (Wildman–Crippen LogP) is 4.55. The second kappa shape index (κ2) is 9.63. The smallest absolute Gasteiger partial charge is 0.320 e. The molecule has 3 aromatic rings. The van der Waals surface area contributed by atoms with Gasteiger partial charge in [0.25, 0.3) is 0 Å². The number of carbonyl (C=O) groups excluding carboxylic acids is 1. The van der Waals surface area contributed by atoms with Crippen LogP contribution in [0.15, 0.2) is 24.5 Å². The van der Waals surface area contributed by atoms with Gasteiger partial charge in [0.2, 0.25) is 5.95 Å². The maximum Gasteiger partial charge on any atom is 0.320 e.